The van der Waals surface area contributed by atoms with E-state index >= 15 is 0 Å². The molecule has 0 nitrogen and oxygen atoms in total. The topological polar surface area (TPSA) is 0 Å². The molecular formula is C25H24F2. The fraction of sp³-hybridized carbons (Fsp3) is 0.280. The summed E-state index contributed by atoms with van der Waals surface area (Å²) >= 11 is 0. The lowest BCUT2D eigenvalue weighted by Crippen LogP contribution is -2.13. The van der Waals surface area contributed by atoms with Crippen LogP contribution in [0.3, 0.4) is 0 Å². The van der Waals surface area contributed by atoms with Gasteiger partial charge in [-0.15, -0.1) is 0 Å². The van der Waals surface area contributed by atoms with Crippen molar-refractivity contribution in [2.45, 2.75) is 44.9 Å². The fourth-order valence-corrected chi connectivity index (χ4v) is 4.16. The summed E-state index contributed by atoms with van der Waals surface area (Å²) in [5, 5.41) is 0. The third-order valence-electron chi connectivity index (χ3n) is 5.66. The Morgan fingerprint density at radius 3 is 2.33 bits per heavy atom. The quantitative estimate of drug-likeness (QED) is 0.476. The zero-order valence-corrected chi connectivity index (χ0v) is 15.6. The summed E-state index contributed by atoms with van der Waals surface area (Å²) in [6.45, 7) is 2.20. The molecule has 138 valence electrons. The highest BCUT2D eigenvalue weighted by Gasteiger charge is 2.22. The van der Waals surface area contributed by atoms with E-state index in [4.69, 9.17) is 0 Å². The standard InChI is InChI=1S/C25H24F2/c1-2-3-17-4-6-18(7-5-17)20-8-9-21-15-24(25(27)16-22(21)14-20)19-10-12-23(26)13-11-19/h4-7,10-13,15-16,20H,2-3,8-9,14H2,1H3. The molecule has 0 amide bonds. The highest BCUT2D eigenvalue weighted by molar-refractivity contribution is 5.66. The normalized spacial score (nSPS) is 16.2. The summed E-state index contributed by atoms with van der Waals surface area (Å²) in [6.07, 6.45) is 5.18. The van der Waals surface area contributed by atoms with Crippen LogP contribution in [0.4, 0.5) is 8.78 Å². The molecule has 3 aromatic carbocycles. The number of aryl methyl sites for hydroxylation is 2. The lowest BCUT2D eigenvalue weighted by Gasteiger charge is -2.26. The van der Waals surface area contributed by atoms with Gasteiger partial charge in [-0.05, 0) is 83.7 Å². The van der Waals surface area contributed by atoms with Gasteiger partial charge >= 0.3 is 0 Å². The summed E-state index contributed by atoms with van der Waals surface area (Å²) < 4.78 is 27.9. The molecule has 1 aliphatic rings. The average Bonchev–Trinajstić information content (AvgIpc) is 2.69. The van der Waals surface area contributed by atoms with Gasteiger partial charge in [-0.1, -0.05) is 49.7 Å². The van der Waals surface area contributed by atoms with Crippen molar-refractivity contribution in [3.8, 4) is 11.1 Å². The smallest absolute Gasteiger partial charge is 0.131 e. The van der Waals surface area contributed by atoms with Crippen LogP contribution in [-0.2, 0) is 19.3 Å². The third-order valence-corrected chi connectivity index (χ3v) is 5.66. The highest BCUT2D eigenvalue weighted by atomic mass is 19.1. The molecule has 2 heteroatoms. The molecule has 0 aliphatic heterocycles. The Balaban J connectivity index is 1.58. The Kier molecular flexibility index (Phi) is 5.07. The molecule has 0 heterocycles. The molecule has 0 spiro atoms. The highest BCUT2D eigenvalue weighted by Crippen LogP contribution is 2.36. The predicted molar refractivity (Wildman–Crippen MR) is 107 cm³/mol. The van der Waals surface area contributed by atoms with Gasteiger partial charge in [0.2, 0.25) is 0 Å². The van der Waals surface area contributed by atoms with Crippen molar-refractivity contribution in [1.29, 1.82) is 0 Å². The Labute approximate surface area is 159 Å². The molecule has 1 unspecified atom stereocenters. The van der Waals surface area contributed by atoms with Gasteiger partial charge in [0.1, 0.15) is 11.6 Å². The summed E-state index contributed by atoms with van der Waals surface area (Å²) in [6, 6.07) is 18.6. The van der Waals surface area contributed by atoms with Crippen molar-refractivity contribution in [2.75, 3.05) is 0 Å². The minimum atomic E-state index is -0.301. The van der Waals surface area contributed by atoms with E-state index in [0.29, 0.717) is 11.5 Å². The van der Waals surface area contributed by atoms with Crippen molar-refractivity contribution in [2.24, 2.45) is 0 Å². The maximum Gasteiger partial charge on any atom is 0.131 e. The van der Waals surface area contributed by atoms with Crippen LogP contribution in [0, 0.1) is 11.6 Å². The molecule has 0 aromatic heterocycles. The van der Waals surface area contributed by atoms with Crippen LogP contribution < -0.4 is 0 Å². The molecule has 4 rings (SSSR count). The lowest BCUT2D eigenvalue weighted by molar-refractivity contribution is 0.573. The van der Waals surface area contributed by atoms with E-state index in [-0.39, 0.29) is 11.6 Å². The first-order chi connectivity index (χ1) is 13.1. The van der Waals surface area contributed by atoms with Crippen LogP contribution in [0.5, 0.6) is 0 Å². The van der Waals surface area contributed by atoms with Gasteiger partial charge in [0.05, 0.1) is 0 Å². The molecule has 0 bridgehead atoms. The molecule has 27 heavy (non-hydrogen) atoms. The molecule has 0 fully saturated rings. The van der Waals surface area contributed by atoms with Gasteiger partial charge in [-0.2, -0.15) is 0 Å². The van der Waals surface area contributed by atoms with Crippen LogP contribution >= 0.6 is 0 Å². The van der Waals surface area contributed by atoms with Gasteiger partial charge in [-0.25, -0.2) is 8.78 Å². The Morgan fingerprint density at radius 1 is 0.889 bits per heavy atom. The lowest BCUT2D eigenvalue weighted by atomic mass is 9.79. The Hall–Kier alpha value is -2.48. The van der Waals surface area contributed by atoms with Crippen molar-refractivity contribution >= 4 is 0 Å². The molecule has 0 radical (unpaired) electrons. The van der Waals surface area contributed by atoms with E-state index in [1.807, 2.05) is 6.07 Å². The third kappa shape index (κ3) is 3.80. The summed E-state index contributed by atoms with van der Waals surface area (Å²) in [5.41, 5.74) is 6.35. The minimum absolute atomic E-state index is 0.223. The van der Waals surface area contributed by atoms with Crippen molar-refractivity contribution in [3.63, 3.8) is 0 Å². The first-order valence-corrected chi connectivity index (χ1v) is 9.80. The second kappa shape index (κ2) is 7.64. The number of rotatable bonds is 4. The zero-order chi connectivity index (χ0) is 18.8. The first-order valence-electron chi connectivity index (χ1n) is 9.80. The first kappa shape index (κ1) is 17.9. The Morgan fingerprint density at radius 2 is 1.63 bits per heavy atom. The monoisotopic (exact) mass is 362 g/mol. The number of benzene rings is 3. The molecule has 1 atom stereocenters. The van der Waals surface area contributed by atoms with Gasteiger partial charge in [0, 0.05) is 5.56 Å². The molecular weight excluding hydrogens is 338 g/mol. The molecule has 0 saturated carbocycles. The number of hydrogen-bond acceptors (Lipinski definition) is 0. The average molecular weight is 362 g/mol. The molecule has 0 saturated heterocycles. The van der Waals surface area contributed by atoms with Crippen LogP contribution in [-0.4, -0.2) is 0 Å². The zero-order valence-electron chi connectivity index (χ0n) is 15.6. The van der Waals surface area contributed by atoms with E-state index in [1.54, 1.807) is 18.2 Å². The van der Waals surface area contributed by atoms with Gasteiger partial charge in [0.25, 0.3) is 0 Å². The predicted octanol–water partition coefficient (Wildman–Crippen LogP) is 6.86. The van der Waals surface area contributed by atoms with Crippen LogP contribution in [0.15, 0.2) is 60.7 Å². The van der Waals surface area contributed by atoms with E-state index in [0.717, 1.165) is 43.2 Å². The second-order valence-corrected chi connectivity index (χ2v) is 7.54. The van der Waals surface area contributed by atoms with Gasteiger partial charge in [0.15, 0.2) is 0 Å². The molecule has 0 N–H and O–H groups in total. The Bertz CT molecular complexity index is 924. The maximum atomic E-state index is 14.7. The fourth-order valence-electron chi connectivity index (χ4n) is 4.16. The van der Waals surface area contributed by atoms with Crippen LogP contribution in [0.2, 0.25) is 0 Å². The molecule has 3 aromatic rings. The second-order valence-electron chi connectivity index (χ2n) is 7.54. The van der Waals surface area contributed by atoms with E-state index in [2.05, 4.69) is 31.2 Å². The van der Waals surface area contributed by atoms with Crippen LogP contribution in [0.25, 0.3) is 11.1 Å². The summed E-state index contributed by atoms with van der Waals surface area (Å²) in [4.78, 5) is 0. The van der Waals surface area contributed by atoms with Crippen molar-refractivity contribution < 1.29 is 8.78 Å². The summed E-state index contributed by atoms with van der Waals surface area (Å²) in [5.74, 6) is -0.0755. The molecule has 1 aliphatic carbocycles. The minimum Gasteiger partial charge on any atom is -0.207 e. The summed E-state index contributed by atoms with van der Waals surface area (Å²) in [7, 11) is 0. The van der Waals surface area contributed by atoms with Crippen LogP contribution in [0.1, 0.15) is 47.9 Å². The van der Waals surface area contributed by atoms with Crippen molar-refractivity contribution in [1.82, 2.24) is 0 Å². The maximum absolute atomic E-state index is 14.7. The largest absolute Gasteiger partial charge is 0.207 e. The number of fused-ring (bicyclic) bond motifs is 1. The van der Waals surface area contributed by atoms with E-state index in [1.165, 1.54) is 28.8 Å². The van der Waals surface area contributed by atoms with E-state index in [9.17, 15) is 8.78 Å². The van der Waals surface area contributed by atoms with Gasteiger partial charge < -0.3 is 0 Å². The SMILES string of the molecule is CCCc1ccc(C2CCc3cc(-c4ccc(F)cc4)c(F)cc3C2)cc1. The number of halogens is 2. The van der Waals surface area contributed by atoms with Gasteiger partial charge in [-0.3, -0.25) is 0 Å². The van der Waals surface area contributed by atoms with E-state index < -0.39 is 0 Å². The number of hydrogen-bond donors (Lipinski definition) is 0. The van der Waals surface area contributed by atoms with Crippen molar-refractivity contribution in [3.05, 3.63) is 94.6 Å².